The van der Waals surface area contributed by atoms with Gasteiger partial charge in [0.1, 0.15) is 16.7 Å². The third kappa shape index (κ3) is 4.18. The van der Waals surface area contributed by atoms with E-state index in [-0.39, 0.29) is 29.9 Å². The van der Waals surface area contributed by atoms with E-state index in [0.717, 1.165) is 11.3 Å². The fourth-order valence-corrected chi connectivity index (χ4v) is 7.05. The Morgan fingerprint density at radius 1 is 1.06 bits per heavy atom. The molecule has 5 rings (SSSR count). The Balaban J connectivity index is 1.57. The van der Waals surface area contributed by atoms with Crippen molar-refractivity contribution in [1.29, 1.82) is 0 Å². The summed E-state index contributed by atoms with van der Waals surface area (Å²) in [6.45, 7) is 1.63. The number of esters is 1. The maximum Gasteiger partial charge on any atom is 0.344 e. The molecule has 1 N–H and O–H groups in total. The van der Waals surface area contributed by atoms with Gasteiger partial charge in [-0.15, -0.1) is 0 Å². The number of methoxy groups -OCH3 is 1. The summed E-state index contributed by atoms with van der Waals surface area (Å²) < 4.78 is 15.9. The SMILES string of the molecule is CCOC(=O)COc1ccccc1[C@@H]1c2sc(=O)[nH]c2S[C@H]2C(=O)N(c3ccc(OC)cc3)C(=O)[C@@H]12. The molecule has 3 atom stereocenters. The highest BCUT2D eigenvalue weighted by molar-refractivity contribution is 8.00. The van der Waals surface area contributed by atoms with Gasteiger partial charge in [0, 0.05) is 16.4 Å². The van der Waals surface area contributed by atoms with Crippen LogP contribution >= 0.6 is 23.1 Å². The van der Waals surface area contributed by atoms with Gasteiger partial charge in [-0.3, -0.25) is 14.4 Å². The van der Waals surface area contributed by atoms with Crippen LogP contribution in [0.1, 0.15) is 23.3 Å². The van der Waals surface area contributed by atoms with Crippen LogP contribution in [0.5, 0.6) is 11.5 Å². The van der Waals surface area contributed by atoms with Crippen LogP contribution in [0.25, 0.3) is 0 Å². The molecule has 1 fully saturated rings. The van der Waals surface area contributed by atoms with Gasteiger partial charge in [0.2, 0.25) is 11.8 Å². The van der Waals surface area contributed by atoms with Crippen LogP contribution in [-0.4, -0.2) is 48.3 Å². The fraction of sp³-hybridized carbons (Fsp3) is 0.280. The number of ether oxygens (including phenoxy) is 3. The molecule has 36 heavy (non-hydrogen) atoms. The van der Waals surface area contributed by atoms with Crippen LogP contribution in [0.2, 0.25) is 0 Å². The number of carbonyl (C=O) groups is 3. The number of hydrogen-bond acceptors (Lipinski definition) is 9. The largest absolute Gasteiger partial charge is 0.497 e. The lowest BCUT2D eigenvalue weighted by Crippen LogP contribution is -2.32. The number of rotatable bonds is 7. The molecule has 9 nitrogen and oxygen atoms in total. The zero-order valence-corrected chi connectivity index (χ0v) is 21.0. The van der Waals surface area contributed by atoms with Crippen molar-refractivity contribution in [2.45, 2.75) is 23.1 Å². The highest BCUT2D eigenvalue weighted by atomic mass is 32.2. The van der Waals surface area contributed by atoms with Crippen LogP contribution in [0.15, 0.2) is 58.4 Å². The molecule has 2 amide bonds. The molecule has 3 heterocycles. The smallest absolute Gasteiger partial charge is 0.344 e. The Hall–Kier alpha value is -3.57. The van der Waals surface area contributed by atoms with Gasteiger partial charge in [0.25, 0.3) is 0 Å². The molecule has 0 aliphatic carbocycles. The number of carbonyl (C=O) groups excluding carboxylic acids is 3. The summed E-state index contributed by atoms with van der Waals surface area (Å²) in [5.74, 6) is -1.63. The number of nitrogens with zero attached hydrogens (tertiary/aromatic N) is 1. The molecule has 11 heteroatoms. The molecule has 186 valence electrons. The minimum atomic E-state index is -0.768. The second kappa shape index (κ2) is 9.82. The molecule has 0 saturated carbocycles. The first-order valence-electron chi connectivity index (χ1n) is 11.2. The van der Waals surface area contributed by atoms with Gasteiger partial charge in [0.15, 0.2) is 6.61 Å². The highest BCUT2D eigenvalue weighted by Crippen LogP contribution is 2.54. The van der Waals surface area contributed by atoms with E-state index < -0.39 is 23.1 Å². The van der Waals surface area contributed by atoms with Gasteiger partial charge < -0.3 is 19.2 Å². The number of thiazole rings is 1. The van der Waals surface area contributed by atoms with E-state index in [9.17, 15) is 19.2 Å². The van der Waals surface area contributed by atoms with E-state index >= 15 is 0 Å². The van der Waals surface area contributed by atoms with Crippen molar-refractivity contribution in [3.05, 3.63) is 68.6 Å². The van der Waals surface area contributed by atoms with E-state index in [4.69, 9.17) is 14.2 Å². The molecule has 0 radical (unpaired) electrons. The lowest BCUT2D eigenvalue weighted by atomic mass is 9.82. The summed E-state index contributed by atoms with van der Waals surface area (Å²) in [4.78, 5) is 56.0. The van der Waals surface area contributed by atoms with Gasteiger partial charge in [-0.1, -0.05) is 41.3 Å². The predicted molar refractivity (Wildman–Crippen MR) is 134 cm³/mol. The van der Waals surface area contributed by atoms with E-state index in [1.807, 2.05) is 0 Å². The van der Waals surface area contributed by atoms with Crippen molar-refractivity contribution in [2.24, 2.45) is 5.92 Å². The van der Waals surface area contributed by atoms with Crippen molar-refractivity contribution in [2.75, 3.05) is 25.2 Å². The molecular formula is C25H22N2O7S2. The molecule has 0 bridgehead atoms. The average Bonchev–Trinajstić information content (AvgIpc) is 3.37. The molecule has 2 aliphatic rings. The first-order valence-corrected chi connectivity index (χ1v) is 12.9. The van der Waals surface area contributed by atoms with Crippen LogP contribution < -0.4 is 19.2 Å². The van der Waals surface area contributed by atoms with Gasteiger partial charge in [-0.2, -0.15) is 0 Å². The maximum atomic E-state index is 13.8. The van der Waals surface area contributed by atoms with Crippen LogP contribution in [-0.2, 0) is 19.1 Å². The topological polar surface area (TPSA) is 115 Å². The second-order valence-electron chi connectivity index (χ2n) is 8.09. The number of thioether (sulfide) groups is 1. The summed E-state index contributed by atoms with van der Waals surface area (Å²) in [6, 6.07) is 13.7. The molecular weight excluding hydrogens is 504 g/mol. The standard InChI is InChI=1S/C25H22N2O7S2/c1-3-33-17(28)12-34-16-7-5-4-6-15(16)18-19-21(35-22-20(18)36-25(31)26-22)24(30)27(23(19)29)13-8-10-14(32-2)11-9-13/h4-11,18-19,21H,3,12H2,1-2H3,(H,26,31)/t18-,19-,21+/m0/s1. The predicted octanol–water partition coefficient (Wildman–Crippen LogP) is 3.18. The summed E-state index contributed by atoms with van der Waals surface area (Å²) >= 11 is 2.21. The van der Waals surface area contributed by atoms with Crippen molar-refractivity contribution < 1.29 is 28.6 Å². The summed E-state index contributed by atoms with van der Waals surface area (Å²) in [7, 11) is 1.54. The van der Waals surface area contributed by atoms with E-state index in [2.05, 4.69) is 4.98 Å². The zero-order chi connectivity index (χ0) is 25.4. The lowest BCUT2D eigenvalue weighted by Gasteiger charge is -2.30. The van der Waals surface area contributed by atoms with E-state index in [1.165, 1.54) is 23.8 Å². The van der Waals surface area contributed by atoms with Crippen molar-refractivity contribution in [1.82, 2.24) is 4.98 Å². The number of benzene rings is 2. The lowest BCUT2D eigenvalue weighted by molar-refractivity contribution is -0.145. The average molecular weight is 527 g/mol. The monoisotopic (exact) mass is 526 g/mol. The number of H-pyrrole nitrogens is 1. The van der Waals surface area contributed by atoms with Gasteiger partial charge >= 0.3 is 10.8 Å². The number of fused-ring (bicyclic) bond motifs is 2. The summed E-state index contributed by atoms with van der Waals surface area (Å²) in [6.07, 6.45) is 0. The summed E-state index contributed by atoms with van der Waals surface area (Å²) in [5.41, 5.74) is 1.06. The Morgan fingerprint density at radius 2 is 1.81 bits per heavy atom. The first-order chi connectivity index (χ1) is 17.4. The minimum Gasteiger partial charge on any atom is -0.497 e. The molecule has 1 aromatic heterocycles. The van der Waals surface area contributed by atoms with E-state index in [0.29, 0.717) is 32.7 Å². The number of amides is 2. The molecule has 2 aliphatic heterocycles. The normalized spacial score (nSPS) is 20.6. The summed E-state index contributed by atoms with van der Waals surface area (Å²) in [5, 5.41) is -0.172. The van der Waals surface area contributed by atoms with Gasteiger partial charge in [0.05, 0.1) is 30.3 Å². The number of aromatic nitrogens is 1. The Kier molecular flexibility index (Phi) is 6.59. The Bertz CT molecular complexity index is 1380. The second-order valence-corrected chi connectivity index (χ2v) is 10.3. The quantitative estimate of drug-likeness (QED) is 0.369. The minimum absolute atomic E-state index is 0.228. The molecule has 0 unspecified atom stereocenters. The molecule has 0 spiro atoms. The van der Waals surface area contributed by atoms with Crippen LogP contribution in [0.4, 0.5) is 5.69 Å². The first kappa shape index (κ1) is 24.1. The third-order valence-corrected chi connectivity index (χ3v) is 8.46. The molecule has 2 aromatic carbocycles. The molecule has 3 aromatic rings. The maximum absolute atomic E-state index is 13.8. The number of aromatic amines is 1. The molecule has 1 saturated heterocycles. The van der Waals surface area contributed by atoms with Crippen LogP contribution in [0.3, 0.4) is 0 Å². The van der Waals surface area contributed by atoms with Crippen molar-refractivity contribution >= 4 is 46.6 Å². The Labute approximate surface area is 214 Å². The van der Waals surface area contributed by atoms with Crippen LogP contribution in [0, 0.1) is 5.92 Å². The van der Waals surface area contributed by atoms with Crippen molar-refractivity contribution in [3.63, 3.8) is 0 Å². The fourth-order valence-electron chi connectivity index (χ4n) is 4.55. The Morgan fingerprint density at radius 3 is 2.53 bits per heavy atom. The third-order valence-electron chi connectivity index (χ3n) is 6.06. The highest BCUT2D eigenvalue weighted by Gasteiger charge is 2.56. The number of imide groups is 1. The number of nitrogens with one attached hydrogen (secondary N) is 1. The van der Waals surface area contributed by atoms with Gasteiger partial charge in [-0.25, -0.2) is 9.69 Å². The number of anilines is 1. The number of para-hydroxylation sites is 1. The van der Waals surface area contributed by atoms with Crippen molar-refractivity contribution in [3.8, 4) is 11.5 Å². The zero-order valence-electron chi connectivity index (χ0n) is 19.4. The van der Waals surface area contributed by atoms with Gasteiger partial charge in [-0.05, 0) is 37.3 Å². The van der Waals surface area contributed by atoms with E-state index in [1.54, 1.807) is 55.5 Å². The number of hydrogen-bond donors (Lipinski definition) is 1.